The van der Waals surface area contributed by atoms with Crippen molar-refractivity contribution in [3.63, 3.8) is 0 Å². The molecule has 12 heteroatoms. The fourth-order valence-corrected chi connectivity index (χ4v) is 5.71. The molecule has 0 aliphatic carbocycles. The maximum Gasteiger partial charge on any atom is 0.412 e. The summed E-state index contributed by atoms with van der Waals surface area (Å²) in [7, 11) is 0. The zero-order valence-electron chi connectivity index (χ0n) is 35.5. The Morgan fingerprint density at radius 2 is 0.677 bits per heavy atom. The van der Waals surface area contributed by atoms with E-state index in [1.165, 1.54) is 36.4 Å². The van der Waals surface area contributed by atoms with Gasteiger partial charge in [-0.1, -0.05) is 23.7 Å². The van der Waals surface area contributed by atoms with Crippen LogP contribution in [0.1, 0.15) is 84.5 Å². The first kappa shape index (κ1) is 46.6. The largest absolute Gasteiger partial charge is 0.444 e. The smallest absolute Gasteiger partial charge is 0.412 e. The number of benzene rings is 6. The second-order valence-electron chi connectivity index (χ2n) is 15.0. The van der Waals surface area contributed by atoms with Gasteiger partial charge in [-0.15, -0.1) is 25.7 Å². The van der Waals surface area contributed by atoms with Crippen LogP contribution in [0.3, 0.4) is 0 Å². The fourth-order valence-electron chi connectivity index (χ4n) is 5.71. The summed E-state index contributed by atoms with van der Waals surface area (Å²) in [4.78, 5) is 63.4. The van der Waals surface area contributed by atoms with Crippen molar-refractivity contribution in [2.75, 3.05) is 32.3 Å². The first-order chi connectivity index (χ1) is 31.0. The summed E-state index contributed by atoms with van der Waals surface area (Å²) >= 11 is 0. The Morgan fingerprint density at radius 1 is 0.415 bits per heavy atom. The highest BCUT2D eigenvalue weighted by Gasteiger charge is 2.19. The molecule has 0 saturated heterocycles. The Balaban J connectivity index is 0.000000250. The molecule has 65 heavy (non-hydrogen) atoms. The quantitative estimate of drug-likeness (QED) is 0.0619. The molecular weight excluding hydrogens is 817 g/mol. The van der Waals surface area contributed by atoms with Gasteiger partial charge in [0.15, 0.2) is 0 Å². The highest BCUT2D eigenvalue weighted by Crippen LogP contribution is 2.22. The third-order valence-electron chi connectivity index (χ3n) is 8.82. The first-order valence-electron chi connectivity index (χ1n) is 19.6. The number of ether oxygens (including phenoxy) is 1. The van der Waals surface area contributed by atoms with Crippen LogP contribution >= 0.6 is 0 Å². The number of nitrogens with two attached hydrogens (primary N) is 1. The lowest BCUT2D eigenvalue weighted by Crippen LogP contribution is -2.27. The lowest BCUT2D eigenvalue weighted by Gasteiger charge is -2.20. The van der Waals surface area contributed by atoms with E-state index in [1.54, 1.807) is 118 Å². The second kappa shape index (κ2) is 21.3. The van der Waals surface area contributed by atoms with Crippen molar-refractivity contribution < 1.29 is 28.7 Å². The van der Waals surface area contributed by atoms with Gasteiger partial charge in [0, 0.05) is 78.6 Å². The topological polar surface area (TPSA) is 181 Å². The van der Waals surface area contributed by atoms with Crippen molar-refractivity contribution in [2.45, 2.75) is 26.4 Å². The third kappa shape index (κ3) is 14.0. The number of hydrogen-bond acceptors (Lipinski definition) is 7. The zero-order valence-corrected chi connectivity index (χ0v) is 35.5. The minimum absolute atomic E-state index is 0.150. The van der Waals surface area contributed by atoms with Crippen molar-refractivity contribution in [1.29, 1.82) is 0 Å². The van der Waals surface area contributed by atoms with E-state index in [0.29, 0.717) is 50.7 Å². The van der Waals surface area contributed by atoms with Crippen LogP contribution in [-0.2, 0) is 4.74 Å². The Morgan fingerprint density at radius 3 is 0.923 bits per heavy atom. The maximum absolute atomic E-state index is 13.0. The summed E-state index contributed by atoms with van der Waals surface area (Å²) in [5.41, 5.74) is 11.5. The molecule has 0 bridgehead atoms. The monoisotopic (exact) mass is 858 g/mol. The van der Waals surface area contributed by atoms with Crippen molar-refractivity contribution >= 4 is 63.8 Å². The second-order valence-corrected chi connectivity index (χ2v) is 15.0. The van der Waals surface area contributed by atoms with Gasteiger partial charge in [0.2, 0.25) is 0 Å². The van der Waals surface area contributed by atoms with Crippen LogP contribution in [0.25, 0.3) is 0 Å². The number of nitrogens with one attached hydrogen (secondary N) is 5. The standard InChI is InChI=1S/C29H25N3O4.C24H17N3O2/c1-6-19-8-12-23(13-9-19)30-26(33)21-16-22(18-25(17-21)32-28(35)36-29(3,4)5)27(34)31-24-14-10-20(7-2)11-15-24;1-3-16-5-9-21(10-6-16)26-23(28)18-13-19(15-20(25)14-18)24(29)27-22-11-7-17(4-2)8-12-22/h1-2,8-18H,3-5H3,(H,30,33)(H,31,34)(H,32,35);1-2,5-15H,25H2,(H,26,28)(H,27,29). The summed E-state index contributed by atoms with van der Waals surface area (Å²) in [6, 6.07) is 36.0. The summed E-state index contributed by atoms with van der Waals surface area (Å²) in [5.74, 6) is 8.29. The molecule has 6 aromatic carbocycles. The molecule has 0 unspecified atom stereocenters. The predicted molar refractivity (Wildman–Crippen MR) is 256 cm³/mol. The van der Waals surface area contributed by atoms with Crippen molar-refractivity contribution in [3.8, 4) is 49.4 Å². The highest BCUT2D eigenvalue weighted by molar-refractivity contribution is 6.11. The molecule has 0 radical (unpaired) electrons. The van der Waals surface area contributed by atoms with E-state index in [9.17, 15) is 24.0 Å². The van der Waals surface area contributed by atoms with E-state index in [-0.39, 0.29) is 27.9 Å². The molecule has 7 N–H and O–H groups in total. The number of nitrogen functional groups attached to an aromatic ring is 1. The number of hydrogen-bond donors (Lipinski definition) is 6. The van der Waals surface area contributed by atoms with Gasteiger partial charge in [-0.3, -0.25) is 24.5 Å². The van der Waals surface area contributed by atoms with Gasteiger partial charge >= 0.3 is 6.09 Å². The van der Waals surface area contributed by atoms with Gasteiger partial charge in [0.05, 0.1) is 0 Å². The Kier molecular flexibility index (Phi) is 15.3. The van der Waals surface area contributed by atoms with Crippen LogP contribution in [0.2, 0.25) is 0 Å². The van der Waals surface area contributed by atoms with Crippen molar-refractivity contribution in [2.24, 2.45) is 0 Å². The summed E-state index contributed by atoms with van der Waals surface area (Å²) in [6.45, 7) is 5.19. The van der Waals surface area contributed by atoms with E-state index in [1.807, 2.05) is 0 Å². The summed E-state index contributed by atoms with van der Waals surface area (Å²) < 4.78 is 5.29. The molecular formula is C53H42N6O6. The molecule has 5 amide bonds. The predicted octanol–water partition coefficient (Wildman–Crippen LogP) is 9.24. The molecule has 0 spiro atoms. The van der Waals surface area contributed by atoms with E-state index < -0.39 is 35.3 Å². The average Bonchev–Trinajstić information content (AvgIpc) is 3.29. The molecule has 0 aliphatic heterocycles. The van der Waals surface area contributed by atoms with Crippen molar-refractivity contribution in [1.82, 2.24) is 0 Å². The number of rotatable bonds is 9. The zero-order chi connectivity index (χ0) is 47.1. The molecule has 0 fully saturated rings. The lowest BCUT2D eigenvalue weighted by molar-refractivity contribution is 0.0634. The number of carbonyl (C=O) groups excluding carboxylic acids is 5. The molecule has 320 valence electrons. The SMILES string of the molecule is C#Cc1ccc(NC(=O)c2cc(N)cc(C(=O)Nc3ccc(C#C)cc3)c2)cc1.C#Cc1ccc(NC(=O)c2cc(NC(=O)OC(C)(C)C)cc(C(=O)Nc3ccc(C#C)cc3)c2)cc1. The summed E-state index contributed by atoms with van der Waals surface area (Å²) in [5, 5.41) is 13.6. The van der Waals surface area contributed by atoms with Gasteiger partial charge < -0.3 is 31.7 Å². The molecule has 0 heterocycles. The highest BCUT2D eigenvalue weighted by atomic mass is 16.6. The third-order valence-corrected chi connectivity index (χ3v) is 8.82. The maximum atomic E-state index is 13.0. The minimum Gasteiger partial charge on any atom is -0.444 e. The van der Waals surface area contributed by atoms with Crippen LogP contribution < -0.4 is 32.3 Å². The van der Waals surface area contributed by atoms with E-state index >= 15 is 0 Å². The number of carbonyl (C=O) groups is 5. The number of terminal acetylenes is 4. The molecule has 0 aliphatic rings. The van der Waals surface area contributed by atoms with Gasteiger partial charge in [0.1, 0.15) is 5.60 Å². The van der Waals surface area contributed by atoms with Crippen LogP contribution in [0.4, 0.5) is 38.9 Å². The minimum atomic E-state index is -0.728. The molecule has 0 aromatic heterocycles. The fraction of sp³-hybridized carbons (Fsp3) is 0.0755. The van der Waals surface area contributed by atoms with Crippen LogP contribution in [-0.4, -0.2) is 35.3 Å². The summed E-state index contributed by atoms with van der Waals surface area (Å²) in [6.07, 6.45) is 20.7. The van der Waals surface area contributed by atoms with Crippen molar-refractivity contribution in [3.05, 3.63) is 178 Å². The molecule has 0 atom stereocenters. The first-order valence-corrected chi connectivity index (χ1v) is 19.6. The molecule has 6 aromatic rings. The van der Waals surface area contributed by atoms with Gasteiger partial charge in [0.25, 0.3) is 23.6 Å². The Labute approximate surface area is 377 Å². The van der Waals surface area contributed by atoms with Gasteiger partial charge in [-0.25, -0.2) is 4.79 Å². The van der Waals surface area contributed by atoms with Crippen LogP contribution in [0.15, 0.2) is 133 Å². The van der Waals surface area contributed by atoms with Crippen LogP contribution in [0.5, 0.6) is 0 Å². The normalized spacial score (nSPS) is 10.1. The molecule has 6 rings (SSSR count). The molecule has 12 nitrogen and oxygen atoms in total. The lowest BCUT2D eigenvalue weighted by atomic mass is 10.1. The van der Waals surface area contributed by atoms with E-state index in [2.05, 4.69) is 50.3 Å². The molecule has 0 saturated carbocycles. The van der Waals surface area contributed by atoms with Gasteiger partial charge in [-0.2, -0.15) is 0 Å². The van der Waals surface area contributed by atoms with Crippen LogP contribution in [0, 0.1) is 49.4 Å². The Hall–Kier alpha value is -9.49. The average molecular weight is 859 g/mol. The van der Waals surface area contributed by atoms with E-state index in [0.717, 1.165) is 0 Å². The number of anilines is 6. The van der Waals surface area contributed by atoms with Gasteiger partial charge in [-0.05, 0) is 154 Å². The Bertz CT molecular complexity index is 2740. The number of amides is 5. The van der Waals surface area contributed by atoms with E-state index in [4.69, 9.17) is 36.2 Å².